The molecule has 0 saturated carbocycles. The summed E-state index contributed by atoms with van der Waals surface area (Å²) in [7, 11) is 1.75. The number of rotatable bonds is 7. The fraction of sp³-hybridized carbons (Fsp3) is 0.458. The van der Waals surface area contributed by atoms with Crippen molar-refractivity contribution >= 4 is 49.7 Å². The first-order valence-electron chi connectivity index (χ1n) is 11.2. The highest BCUT2D eigenvalue weighted by molar-refractivity contribution is 7.22. The average Bonchev–Trinajstić information content (AvgIpc) is 3.36. The van der Waals surface area contributed by atoms with Crippen molar-refractivity contribution in [2.45, 2.75) is 52.6 Å². The number of hydrogen-bond acceptors (Lipinski definition) is 6. The Morgan fingerprint density at radius 1 is 1.25 bits per heavy atom. The average molecular weight is 471 g/mol. The number of hydrogen-bond donors (Lipinski definition) is 1. The van der Waals surface area contributed by atoms with Gasteiger partial charge in [0.25, 0.3) is 0 Å². The lowest BCUT2D eigenvalue weighted by Crippen LogP contribution is -2.35. The summed E-state index contributed by atoms with van der Waals surface area (Å²) >= 11 is 3.35. The fourth-order valence-corrected chi connectivity index (χ4v) is 6.41. The minimum atomic E-state index is -0.0672. The first-order valence-corrected chi connectivity index (χ1v) is 12.8. The van der Waals surface area contributed by atoms with Crippen LogP contribution in [0.3, 0.4) is 0 Å². The molecule has 0 fully saturated rings. The number of thiophene rings is 1. The number of carbonyl (C=O) groups excluding carboxylic acids is 2. The van der Waals surface area contributed by atoms with Gasteiger partial charge in [0, 0.05) is 56.0 Å². The van der Waals surface area contributed by atoms with Gasteiger partial charge in [-0.2, -0.15) is 0 Å². The van der Waals surface area contributed by atoms with Gasteiger partial charge < -0.3 is 10.2 Å². The quantitative estimate of drug-likeness (QED) is 0.528. The van der Waals surface area contributed by atoms with Gasteiger partial charge in [0.1, 0.15) is 10.0 Å². The second-order valence-electron chi connectivity index (χ2n) is 8.48. The Balaban J connectivity index is 1.64. The number of anilines is 1. The number of amides is 2. The number of thiazole rings is 1. The van der Waals surface area contributed by atoms with E-state index >= 15 is 0 Å². The zero-order valence-electron chi connectivity index (χ0n) is 19.1. The van der Waals surface area contributed by atoms with Crippen LogP contribution in [0.1, 0.15) is 44.1 Å². The van der Waals surface area contributed by atoms with E-state index in [4.69, 9.17) is 4.98 Å². The molecule has 8 heteroatoms. The minimum Gasteiger partial charge on any atom is -0.345 e. The molecule has 0 radical (unpaired) electrons. The molecule has 2 amide bonds. The molecule has 1 aromatic carbocycles. The summed E-state index contributed by atoms with van der Waals surface area (Å²) in [6.07, 6.45) is 1.69. The molecule has 170 valence electrons. The maximum Gasteiger partial charge on any atom is 0.226 e. The molecule has 1 aliphatic heterocycles. The van der Waals surface area contributed by atoms with Crippen molar-refractivity contribution in [3.8, 4) is 10.6 Å². The van der Waals surface area contributed by atoms with Crippen molar-refractivity contribution in [2.75, 3.05) is 25.5 Å². The van der Waals surface area contributed by atoms with Gasteiger partial charge in [-0.3, -0.25) is 14.5 Å². The van der Waals surface area contributed by atoms with Crippen LogP contribution in [0.4, 0.5) is 5.00 Å². The maximum atomic E-state index is 12.8. The predicted molar refractivity (Wildman–Crippen MR) is 133 cm³/mol. The summed E-state index contributed by atoms with van der Waals surface area (Å²) < 4.78 is 1.15. The van der Waals surface area contributed by atoms with Crippen molar-refractivity contribution in [2.24, 2.45) is 0 Å². The summed E-state index contributed by atoms with van der Waals surface area (Å²) in [4.78, 5) is 34.9. The summed E-state index contributed by atoms with van der Waals surface area (Å²) in [6, 6.07) is 8.65. The van der Waals surface area contributed by atoms with Gasteiger partial charge in [-0.05, 0) is 38.0 Å². The monoisotopic (exact) mass is 470 g/mol. The highest BCUT2D eigenvalue weighted by Crippen LogP contribution is 2.45. The van der Waals surface area contributed by atoms with Crippen LogP contribution in [0.25, 0.3) is 20.8 Å². The largest absolute Gasteiger partial charge is 0.345 e. The second-order valence-corrected chi connectivity index (χ2v) is 10.6. The third-order valence-corrected chi connectivity index (χ3v) is 8.17. The molecule has 1 aliphatic rings. The van der Waals surface area contributed by atoms with Crippen LogP contribution in [-0.2, 0) is 22.6 Å². The number of aromatic nitrogens is 1. The van der Waals surface area contributed by atoms with E-state index in [2.05, 4.69) is 30.1 Å². The van der Waals surface area contributed by atoms with Crippen LogP contribution >= 0.6 is 22.7 Å². The van der Waals surface area contributed by atoms with Gasteiger partial charge in [0.15, 0.2) is 0 Å². The molecular weight excluding hydrogens is 440 g/mol. The van der Waals surface area contributed by atoms with Crippen molar-refractivity contribution in [3.05, 3.63) is 34.7 Å². The highest BCUT2D eigenvalue weighted by atomic mass is 32.1. The van der Waals surface area contributed by atoms with Crippen LogP contribution in [-0.4, -0.2) is 52.8 Å². The molecule has 3 heterocycles. The molecule has 4 rings (SSSR count). The van der Waals surface area contributed by atoms with Crippen molar-refractivity contribution in [1.82, 2.24) is 14.8 Å². The number of benzene rings is 1. The van der Waals surface area contributed by atoms with Crippen molar-refractivity contribution < 1.29 is 9.59 Å². The minimum absolute atomic E-state index is 0.0494. The molecule has 0 atom stereocenters. The van der Waals surface area contributed by atoms with Gasteiger partial charge >= 0.3 is 0 Å². The highest BCUT2D eigenvalue weighted by Gasteiger charge is 2.28. The van der Waals surface area contributed by atoms with Crippen molar-refractivity contribution in [3.63, 3.8) is 0 Å². The van der Waals surface area contributed by atoms with Gasteiger partial charge in [-0.15, -0.1) is 22.7 Å². The Hall–Kier alpha value is -2.29. The Labute approximate surface area is 197 Å². The molecule has 0 saturated heterocycles. The Morgan fingerprint density at radius 3 is 2.75 bits per heavy atom. The molecule has 0 unspecified atom stereocenters. The van der Waals surface area contributed by atoms with Gasteiger partial charge in [-0.1, -0.05) is 19.1 Å². The van der Waals surface area contributed by atoms with Crippen molar-refractivity contribution in [1.29, 1.82) is 0 Å². The second kappa shape index (κ2) is 9.68. The van der Waals surface area contributed by atoms with Gasteiger partial charge in [0.05, 0.1) is 10.2 Å². The normalized spacial score (nSPS) is 14.0. The molecule has 2 aromatic heterocycles. The summed E-state index contributed by atoms with van der Waals surface area (Å²) in [5.74, 6) is -0.0178. The van der Waals surface area contributed by atoms with E-state index in [0.29, 0.717) is 19.0 Å². The number of carbonyl (C=O) groups is 2. The lowest BCUT2D eigenvalue weighted by molar-refractivity contribution is -0.129. The van der Waals surface area contributed by atoms with E-state index in [1.165, 1.54) is 10.4 Å². The van der Waals surface area contributed by atoms with E-state index in [-0.39, 0.29) is 18.2 Å². The van der Waals surface area contributed by atoms with E-state index in [1.54, 1.807) is 34.6 Å². The molecule has 0 aliphatic carbocycles. The summed E-state index contributed by atoms with van der Waals surface area (Å²) in [5.41, 5.74) is 3.39. The topological polar surface area (TPSA) is 65.5 Å². The van der Waals surface area contributed by atoms with Gasteiger partial charge in [0.2, 0.25) is 11.8 Å². The third kappa shape index (κ3) is 4.72. The molecular formula is C24H30N4O2S2. The Bertz CT molecular complexity index is 1100. The van der Waals surface area contributed by atoms with E-state index < -0.39 is 0 Å². The van der Waals surface area contributed by atoms with Crippen LogP contribution < -0.4 is 5.32 Å². The lowest BCUT2D eigenvalue weighted by atomic mass is 10.0. The molecule has 6 nitrogen and oxygen atoms in total. The van der Waals surface area contributed by atoms with E-state index in [0.717, 1.165) is 45.3 Å². The standard InChI is InChI=1S/C24H30N4O2S2/c1-5-21(30)27(4)12-11-20(29)26-24-22(23-25-17-8-6-7-9-18(17)31-23)16-10-13-28(15(2)3)14-19(16)32-24/h6-9,15H,5,10-14H2,1-4H3,(H,26,29). The first-order chi connectivity index (χ1) is 15.4. The molecule has 3 aromatic rings. The molecule has 0 spiro atoms. The van der Waals surface area contributed by atoms with Crippen LogP contribution in [0, 0.1) is 0 Å². The molecule has 1 N–H and O–H groups in total. The van der Waals surface area contributed by atoms with Crippen LogP contribution in [0.2, 0.25) is 0 Å². The number of nitrogens with one attached hydrogen (secondary N) is 1. The first kappa shape index (κ1) is 22.9. The van der Waals surface area contributed by atoms with Gasteiger partial charge in [-0.25, -0.2) is 4.98 Å². The zero-order valence-corrected chi connectivity index (χ0v) is 20.7. The van der Waals surface area contributed by atoms with E-state index in [9.17, 15) is 9.59 Å². The van der Waals surface area contributed by atoms with Crippen LogP contribution in [0.5, 0.6) is 0 Å². The van der Waals surface area contributed by atoms with Crippen LogP contribution in [0.15, 0.2) is 24.3 Å². The number of para-hydroxylation sites is 1. The SMILES string of the molecule is CCC(=O)N(C)CCC(=O)Nc1sc2c(c1-c1nc3ccccc3s1)CCN(C(C)C)C2. The predicted octanol–water partition coefficient (Wildman–Crippen LogP) is 4.99. The smallest absolute Gasteiger partial charge is 0.226 e. The maximum absolute atomic E-state index is 12.8. The Kier molecular flexibility index (Phi) is 6.93. The number of nitrogens with zero attached hydrogens (tertiary/aromatic N) is 3. The Morgan fingerprint density at radius 2 is 2.03 bits per heavy atom. The zero-order chi connectivity index (χ0) is 22.8. The summed E-state index contributed by atoms with van der Waals surface area (Å²) in [5, 5.41) is 5.01. The summed E-state index contributed by atoms with van der Waals surface area (Å²) in [6.45, 7) is 8.62. The molecule has 0 bridgehead atoms. The number of fused-ring (bicyclic) bond motifs is 2. The lowest BCUT2D eigenvalue weighted by Gasteiger charge is -2.30. The van der Waals surface area contributed by atoms with E-state index in [1.807, 2.05) is 25.1 Å². The molecule has 32 heavy (non-hydrogen) atoms. The third-order valence-electron chi connectivity index (χ3n) is 5.98. The fourth-order valence-electron chi connectivity index (χ4n) is 4.01.